The minimum absolute atomic E-state index is 0.362. The number of nitrogens with zero attached hydrogens (tertiary/aromatic N) is 3. The standard InChI is InChI=1S/C14H17BBrN3O2/c1-13(2)14(3,4)21-15(20-13)12-5-6-19(18-12)11-7-10(16)8-17-9-11/h5-9H,1-4H3. The van der Waals surface area contributed by atoms with Crippen molar-refractivity contribution in [3.05, 3.63) is 35.2 Å². The molecule has 21 heavy (non-hydrogen) atoms. The zero-order chi connectivity index (χ0) is 15.3. The predicted octanol–water partition coefficient (Wildman–Crippen LogP) is 2.33. The Kier molecular flexibility index (Phi) is 3.46. The van der Waals surface area contributed by atoms with Crippen LogP contribution in [-0.4, -0.2) is 33.1 Å². The van der Waals surface area contributed by atoms with Crippen LogP contribution >= 0.6 is 15.9 Å². The van der Waals surface area contributed by atoms with Crippen LogP contribution in [0.2, 0.25) is 0 Å². The molecule has 1 fully saturated rings. The van der Waals surface area contributed by atoms with E-state index in [1.807, 2.05) is 46.0 Å². The first-order chi connectivity index (χ1) is 9.78. The molecule has 5 nitrogen and oxygen atoms in total. The third-order valence-electron chi connectivity index (χ3n) is 4.06. The SMILES string of the molecule is CC1(C)OB(c2ccn(-c3cncc(Br)c3)n2)OC1(C)C. The second-order valence-corrected chi connectivity index (χ2v) is 7.05. The van der Waals surface area contributed by atoms with E-state index in [2.05, 4.69) is 26.0 Å². The lowest BCUT2D eigenvalue weighted by Gasteiger charge is -2.32. The highest BCUT2D eigenvalue weighted by atomic mass is 79.9. The molecule has 2 aromatic rings. The van der Waals surface area contributed by atoms with Crippen LogP contribution in [-0.2, 0) is 9.31 Å². The van der Waals surface area contributed by atoms with Gasteiger partial charge in [0.25, 0.3) is 0 Å². The van der Waals surface area contributed by atoms with Gasteiger partial charge in [0.15, 0.2) is 0 Å². The summed E-state index contributed by atoms with van der Waals surface area (Å²) in [6.45, 7) is 8.12. The van der Waals surface area contributed by atoms with Crippen LogP contribution in [0.1, 0.15) is 27.7 Å². The highest BCUT2D eigenvalue weighted by molar-refractivity contribution is 9.10. The Bertz CT molecular complexity index is 656. The number of halogens is 1. The zero-order valence-corrected chi connectivity index (χ0v) is 14.1. The van der Waals surface area contributed by atoms with Gasteiger partial charge >= 0.3 is 7.12 Å². The van der Waals surface area contributed by atoms with Crippen molar-refractivity contribution in [1.82, 2.24) is 14.8 Å². The monoisotopic (exact) mass is 349 g/mol. The van der Waals surface area contributed by atoms with Gasteiger partial charge in [-0.3, -0.25) is 4.98 Å². The highest BCUT2D eigenvalue weighted by Crippen LogP contribution is 2.36. The minimum Gasteiger partial charge on any atom is -0.398 e. The van der Waals surface area contributed by atoms with E-state index in [9.17, 15) is 0 Å². The van der Waals surface area contributed by atoms with Crippen LogP contribution in [0.25, 0.3) is 5.69 Å². The lowest BCUT2D eigenvalue weighted by atomic mass is 9.85. The van der Waals surface area contributed by atoms with Crippen molar-refractivity contribution in [3.63, 3.8) is 0 Å². The first kappa shape index (κ1) is 14.7. The van der Waals surface area contributed by atoms with E-state index in [1.165, 1.54) is 0 Å². The van der Waals surface area contributed by atoms with Gasteiger partial charge in [0.1, 0.15) is 0 Å². The maximum absolute atomic E-state index is 6.00. The number of pyridine rings is 1. The average molecular weight is 350 g/mol. The van der Waals surface area contributed by atoms with Crippen molar-refractivity contribution in [2.24, 2.45) is 0 Å². The van der Waals surface area contributed by atoms with Crippen LogP contribution < -0.4 is 5.59 Å². The van der Waals surface area contributed by atoms with E-state index < -0.39 is 7.12 Å². The molecule has 0 atom stereocenters. The number of rotatable bonds is 2. The summed E-state index contributed by atoms with van der Waals surface area (Å²) >= 11 is 3.41. The van der Waals surface area contributed by atoms with Gasteiger partial charge in [-0.25, -0.2) is 4.68 Å². The summed E-state index contributed by atoms with van der Waals surface area (Å²) in [5.74, 6) is 0. The van der Waals surface area contributed by atoms with E-state index in [4.69, 9.17) is 9.31 Å². The fourth-order valence-electron chi connectivity index (χ4n) is 2.10. The molecule has 0 saturated carbocycles. The fourth-order valence-corrected chi connectivity index (χ4v) is 2.45. The zero-order valence-electron chi connectivity index (χ0n) is 12.5. The molecule has 1 aliphatic rings. The molecular weight excluding hydrogens is 333 g/mol. The maximum Gasteiger partial charge on any atom is 0.516 e. The largest absolute Gasteiger partial charge is 0.516 e. The lowest BCUT2D eigenvalue weighted by Crippen LogP contribution is -2.41. The fraction of sp³-hybridized carbons (Fsp3) is 0.429. The third kappa shape index (κ3) is 2.65. The van der Waals surface area contributed by atoms with E-state index in [0.717, 1.165) is 15.8 Å². The molecule has 3 rings (SSSR count). The Balaban J connectivity index is 1.87. The van der Waals surface area contributed by atoms with E-state index in [1.54, 1.807) is 17.1 Å². The molecule has 7 heteroatoms. The topological polar surface area (TPSA) is 49.2 Å². The summed E-state index contributed by atoms with van der Waals surface area (Å²) in [5, 5.41) is 4.54. The van der Waals surface area contributed by atoms with E-state index in [0.29, 0.717) is 0 Å². The smallest absolute Gasteiger partial charge is 0.398 e. The second-order valence-electron chi connectivity index (χ2n) is 6.13. The molecule has 110 valence electrons. The maximum atomic E-state index is 6.00. The summed E-state index contributed by atoms with van der Waals surface area (Å²) in [6.07, 6.45) is 5.37. The molecule has 0 N–H and O–H groups in total. The molecule has 0 aromatic carbocycles. The van der Waals surface area contributed by atoms with Gasteiger partial charge in [0.2, 0.25) is 0 Å². The number of hydrogen-bond acceptors (Lipinski definition) is 4. The summed E-state index contributed by atoms with van der Waals surface area (Å²) < 4.78 is 14.7. The molecular formula is C14H17BBrN3O2. The van der Waals surface area contributed by atoms with Crippen molar-refractivity contribution in [1.29, 1.82) is 0 Å². The summed E-state index contributed by atoms with van der Waals surface area (Å²) in [4.78, 5) is 4.14. The molecule has 0 unspecified atom stereocenters. The van der Waals surface area contributed by atoms with Gasteiger partial charge in [-0.2, -0.15) is 5.10 Å². The van der Waals surface area contributed by atoms with Crippen molar-refractivity contribution in [2.45, 2.75) is 38.9 Å². The number of aromatic nitrogens is 3. The molecule has 0 bridgehead atoms. The molecule has 1 saturated heterocycles. The van der Waals surface area contributed by atoms with Gasteiger partial charge in [-0.1, -0.05) is 0 Å². The first-order valence-corrected chi connectivity index (χ1v) is 7.60. The number of hydrogen-bond donors (Lipinski definition) is 0. The minimum atomic E-state index is -0.448. The highest BCUT2D eigenvalue weighted by Gasteiger charge is 2.52. The molecule has 3 heterocycles. The molecule has 0 spiro atoms. The second kappa shape index (κ2) is 4.93. The van der Waals surface area contributed by atoms with Crippen molar-refractivity contribution in [2.75, 3.05) is 0 Å². The third-order valence-corrected chi connectivity index (χ3v) is 4.49. The Morgan fingerprint density at radius 2 is 1.81 bits per heavy atom. The molecule has 0 aliphatic carbocycles. The van der Waals surface area contributed by atoms with Gasteiger partial charge in [0.05, 0.1) is 28.7 Å². The van der Waals surface area contributed by atoms with Crippen LogP contribution in [0.5, 0.6) is 0 Å². The normalized spacial score (nSPS) is 20.0. The van der Waals surface area contributed by atoms with Crippen molar-refractivity contribution >= 4 is 28.6 Å². The van der Waals surface area contributed by atoms with Gasteiger partial charge < -0.3 is 9.31 Å². The predicted molar refractivity (Wildman–Crippen MR) is 84.8 cm³/mol. The Labute approximate surface area is 132 Å². The van der Waals surface area contributed by atoms with Gasteiger partial charge in [-0.05, 0) is 55.8 Å². The Morgan fingerprint density at radius 1 is 1.14 bits per heavy atom. The van der Waals surface area contributed by atoms with E-state index in [-0.39, 0.29) is 11.2 Å². The van der Waals surface area contributed by atoms with Gasteiger partial charge in [0, 0.05) is 16.9 Å². The molecule has 0 amide bonds. The lowest BCUT2D eigenvalue weighted by molar-refractivity contribution is 0.00578. The first-order valence-electron chi connectivity index (χ1n) is 6.81. The summed E-state index contributed by atoms with van der Waals surface area (Å²) in [7, 11) is -0.448. The van der Waals surface area contributed by atoms with Crippen LogP contribution in [0.3, 0.4) is 0 Å². The van der Waals surface area contributed by atoms with Crippen LogP contribution in [0.15, 0.2) is 35.2 Å². The van der Waals surface area contributed by atoms with Crippen molar-refractivity contribution < 1.29 is 9.31 Å². The molecule has 1 aliphatic heterocycles. The van der Waals surface area contributed by atoms with Crippen LogP contribution in [0.4, 0.5) is 0 Å². The van der Waals surface area contributed by atoms with Crippen LogP contribution in [0, 0.1) is 0 Å². The van der Waals surface area contributed by atoms with Gasteiger partial charge in [-0.15, -0.1) is 0 Å². The molecule has 2 aromatic heterocycles. The Morgan fingerprint density at radius 3 is 2.43 bits per heavy atom. The summed E-state index contributed by atoms with van der Waals surface area (Å²) in [5.41, 5.74) is 0.915. The summed E-state index contributed by atoms with van der Waals surface area (Å²) in [6, 6.07) is 3.86. The molecule has 0 radical (unpaired) electrons. The van der Waals surface area contributed by atoms with E-state index >= 15 is 0 Å². The quantitative estimate of drug-likeness (QED) is 0.781. The Hall–Kier alpha value is -1.18. The van der Waals surface area contributed by atoms with Crippen molar-refractivity contribution in [3.8, 4) is 5.69 Å². The average Bonchev–Trinajstić information content (AvgIpc) is 2.93.